The van der Waals surface area contributed by atoms with Crippen LogP contribution in [0, 0.1) is 6.92 Å². The number of rotatable bonds is 5. The van der Waals surface area contributed by atoms with E-state index in [-0.39, 0.29) is 12.5 Å². The average molecular weight is 386 g/mol. The van der Waals surface area contributed by atoms with Gasteiger partial charge in [-0.15, -0.1) is 0 Å². The summed E-state index contributed by atoms with van der Waals surface area (Å²) < 4.78 is 6.15. The lowest BCUT2D eigenvalue weighted by atomic mass is 10.1. The predicted molar refractivity (Wildman–Crippen MR) is 94.2 cm³/mol. The number of halogens is 1. The monoisotopic (exact) mass is 385 g/mol. The largest absolute Gasteiger partial charge is 0.347 e. The van der Waals surface area contributed by atoms with Gasteiger partial charge in [-0.05, 0) is 30.7 Å². The second kappa shape index (κ2) is 7.40. The van der Waals surface area contributed by atoms with Crippen LogP contribution in [0.15, 0.2) is 57.5 Å². The van der Waals surface area contributed by atoms with Crippen molar-refractivity contribution >= 4 is 21.8 Å². The summed E-state index contributed by atoms with van der Waals surface area (Å²) in [6.45, 7) is 2.22. The van der Waals surface area contributed by atoms with E-state index in [0.29, 0.717) is 18.1 Å². The van der Waals surface area contributed by atoms with Gasteiger partial charge in [0.2, 0.25) is 17.6 Å². The van der Waals surface area contributed by atoms with Crippen molar-refractivity contribution in [2.75, 3.05) is 0 Å². The highest BCUT2D eigenvalue weighted by molar-refractivity contribution is 9.10. The first kappa shape index (κ1) is 16.4. The number of benzene rings is 2. The van der Waals surface area contributed by atoms with Gasteiger partial charge in [0, 0.05) is 10.0 Å². The predicted octanol–water partition coefficient (Wildman–Crippen LogP) is 3.67. The zero-order chi connectivity index (χ0) is 16.9. The molecule has 5 nitrogen and oxygen atoms in total. The van der Waals surface area contributed by atoms with Crippen molar-refractivity contribution < 1.29 is 9.32 Å². The van der Waals surface area contributed by atoms with Crippen LogP contribution in [0.3, 0.4) is 0 Å². The number of aromatic nitrogens is 2. The van der Waals surface area contributed by atoms with Crippen LogP contribution in [0.1, 0.15) is 17.0 Å². The molecule has 1 amide bonds. The van der Waals surface area contributed by atoms with E-state index in [1.807, 2.05) is 55.5 Å². The summed E-state index contributed by atoms with van der Waals surface area (Å²) in [5.74, 6) is 0.812. The summed E-state index contributed by atoms with van der Waals surface area (Å²) >= 11 is 3.39. The average Bonchev–Trinajstić information content (AvgIpc) is 3.02. The minimum absolute atomic E-state index is 0.0941. The molecule has 0 aliphatic carbocycles. The summed E-state index contributed by atoms with van der Waals surface area (Å²) in [5, 5.41) is 6.75. The van der Waals surface area contributed by atoms with Crippen LogP contribution < -0.4 is 5.32 Å². The van der Waals surface area contributed by atoms with Crippen molar-refractivity contribution in [2.24, 2.45) is 0 Å². The molecule has 0 fully saturated rings. The Bertz CT molecular complexity index is 861. The van der Waals surface area contributed by atoms with Crippen LogP contribution in [-0.4, -0.2) is 16.0 Å². The Kier molecular flexibility index (Phi) is 5.05. The van der Waals surface area contributed by atoms with Crippen LogP contribution >= 0.6 is 15.9 Å². The molecule has 0 atom stereocenters. The molecule has 0 saturated heterocycles. The zero-order valence-electron chi connectivity index (χ0n) is 13.1. The number of nitrogens with one attached hydrogen (secondary N) is 1. The second-order valence-electron chi connectivity index (χ2n) is 5.46. The van der Waals surface area contributed by atoms with Crippen LogP contribution in [0.25, 0.3) is 11.4 Å². The minimum Gasteiger partial charge on any atom is -0.347 e. The molecule has 3 aromatic rings. The fourth-order valence-electron chi connectivity index (χ4n) is 2.30. The Labute approximate surface area is 148 Å². The number of carbonyl (C=O) groups is 1. The van der Waals surface area contributed by atoms with Crippen LogP contribution in [0.5, 0.6) is 0 Å². The lowest BCUT2D eigenvalue weighted by molar-refractivity contribution is -0.120. The summed E-state index contributed by atoms with van der Waals surface area (Å²) in [6, 6.07) is 15.5. The maximum absolute atomic E-state index is 12.0. The molecule has 2 aromatic carbocycles. The molecule has 24 heavy (non-hydrogen) atoms. The Morgan fingerprint density at radius 2 is 2.04 bits per heavy atom. The molecule has 0 spiro atoms. The zero-order valence-corrected chi connectivity index (χ0v) is 14.7. The molecule has 1 aromatic heterocycles. The topological polar surface area (TPSA) is 68.0 Å². The van der Waals surface area contributed by atoms with Gasteiger partial charge in [0.25, 0.3) is 0 Å². The lowest BCUT2D eigenvalue weighted by Crippen LogP contribution is -2.24. The van der Waals surface area contributed by atoms with E-state index in [0.717, 1.165) is 21.2 Å². The molecule has 3 rings (SSSR count). The number of nitrogens with zero attached hydrogens (tertiary/aromatic N) is 2. The van der Waals surface area contributed by atoms with E-state index in [1.54, 1.807) is 0 Å². The van der Waals surface area contributed by atoms with E-state index in [9.17, 15) is 4.79 Å². The smallest absolute Gasteiger partial charge is 0.246 e. The Morgan fingerprint density at radius 3 is 2.83 bits per heavy atom. The molecule has 0 saturated carbocycles. The minimum atomic E-state index is -0.0941. The SMILES string of the molecule is Cc1cccc(-c2noc(CNC(=O)Cc3cccc(Br)c3)n2)c1. The van der Waals surface area contributed by atoms with Gasteiger partial charge < -0.3 is 9.84 Å². The maximum Gasteiger partial charge on any atom is 0.246 e. The molecule has 0 aliphatic rings. The third-order valence-electron chi connectivity index (χ3n) is 3.43. The molecule has 122 valence electrons. The van der Waals surface area contributed by atoms with Gasteiger partial charge in [-0.3, -0.25) is 4.79 Å². The highest BCUT2D eigenvalue weighted by Gasteiger charge is 2.10. The number of amides is 1. The first-order valence-corrected chi connectivity index (χ1v) is 8.30. The van der Waals surface area contributed by atoms with Crippen LogP contribution in [0.2, 0.25) is 0 Å². The van der Waals surface area contributed by atoms with Gasteiger partial charge in [-0.2, -0.15) is 4.98 Å². The van der Waals surface area contributed by atoms with Gasteiger partial charge >= 0.3 is 0 Å². The van der Waals surface area contributed by atoms with Gasteiger partial charge in [-0.25, -0.2) is 0 Å². The number of hydrogen-bond donors (Lipinski definition) is 1. The maximum atomic E-state index is 12.0. The van der Waals surface area contributed by atoms with E-state index in [4.69, 9.17) is 4.52 Å². The van der Waals surface area contributed by atoms with Crippen molar-refractivity contribution in [2.45, 2.75) is 19.9 Å². The molecule has 0 unspecified atom stereocenters. The second-order valence-corrected chi connectivity index (χ2v) is 6.38. The van der Waals surface area contributed by atoms with Gasteiger partial charge in [0.15, 0.2) is 0 Å². The van der Waals surface area contributed by atoms with Gasteiger partial charge in [-0.1, -0.05) is 57.0 Å². The molecule has 0 aliphatic heterocycles. The fraction of sp³-hybridized carbons (Fsp3) is 0.167. The molecular formula is C18H16BrN3O2. The fourth-order valence-corrected chi connectivity index (χ4v) is 2.74. The van der Waals surface area contributed by atoms with Crippen molar-refractivity contribution in [3.8, 4) is 11.4 Å². The summed E-state index contributed by atoms with van der Waals surface area (Å²) in [6.07, 6.45) is 0.304. The lowest BCUT2D eigenvalue weighted by Gasteiger charge is -2.03. The third-order valence-corrected chi connectivity index (χ3v) is 3.93. The van der Waals surface area contributed by atoms with Gasteiger partial charge in [0.05, 0.1) is 13.0 Å². The normalized spacial score (nSPS) is 10.6. The Hall–Kier alpha value is -2.47. The summed E-state index contributed by atoms with van der Waals surface area (Å²) in [5.41, 5.74) is 2.96. The van der Waals surface area contributed by atoms with E-state index < -0.39 is 0 Å². The van der Waals surface area contributed by atoms with Crippen molar-refractivity contribution in [1.82, 2.24) is 15.5 Å². The first-order chi connectivity index (χ1) is 11.6. The molecule has 6 heteroatoms. The van der Waals surface area contributed by atoms with Crippen LogP contribution in [0.4, 0.5) is 0 Å². The van der Waals surface area contributed by atoms with Crippen molar-refractivity contribution in [3.63, 3.8) is 0 Å². The number of carbonyl (C=O) groups excluding carboxylic acids is 1. The van der Waals surface area contributed by atoms with E-state index in [2.05, 4.69) is 31.4 Å². The van der Waals surface area contributed by atoms with Crippen molar-refractivity contribution in [1.29, 1.82) is 0 Å². The molecule has 1 N–H and O–H groups in total. The van der Waals surface area contributed by atoms with Gasteiger partial charge in [0.1, 0.15) is 0 Å². The summed E-state index contributed by atoms with van der Waals surface area (Å²) in [4.78, 5) is 16.3. The number of hydrogen-bond acceptors (Lipinski definition) is 4. The van der Waals surface area contributed by atoms with E-state index >= 15 is 0 Å². The summed E-state index contributed by atoms with van der Waals surface area (Å²) in [7, 11) is 0. The molecular weight excluding hydrogens is 370 g/mol. The standard InChI is InChI=1S/C18H16BrN3O2/c1-12-4-2-6-14(8-12)18-21-17(24-22-18)11-20-16(23)10-13-5-3-7-15(19)9-13/h2-9H,10-11H2,1H3,(H,20,23). The van der Waals surface area contributed by atoms with Crippen molar-refractivity contribution in [3.05, 3.63) is 70.0 Å². The highest BCUT2D eigenvalue weighted by atomic mass is 79.9. The molecule has 0 bridgehead atoms. The van der Waals surface area contributed by atoms with E-state index in [1.165, 1.54) is 0 Å². The Morgan fingerprint density at radius 1 is 1.21 bits per heavy atom. The first-order valence-electron chi connectivity index (χ1n) is 7.51. The molecule has 0 radical (unpaired) electrons. The quantitative estimate of drug-likeness (QED) is 0.727. The highest BCUT2D eigenvalue weighted by Crippen LogP contribution is 2.17. The Balaban J connectivity index is 1.58. The third kappa shape index (κ3) is 4.29. The van der Waals surface area contributed by atoms with Crippen LogP contribution in [-0.2, 0) is 17.8 Å². The molecule has 1 heterocycles. The number of aryl methyl sites for hydroxylation is 1.